The van der Waals surface area contributed by atoms with E-state index in [0.29, 0.717) is 10.4 Å². The number of furan rings is 1. The second-order valence-corrected chi connectivity index (χ2v) is 7.01. The zero-order chi connectivity index (χ0) is 19.1. The van der Waals surface area contributed by atoms with Crippen molar-refractivity contribution in [3.63, 3.8) is 0 Å². The molecule has 138 valence electrons. The van der Waals surface area contributed by atoms with Crippen LogP contribution in [0.15, 0.2) is 43.9 Å². The SMILES string of the molecule is CCc1ccc(OCC(=O)NNC(=S)NC(=O)c2ccc(Br)o2)c(Br)c1. The zero-order valence-corrected chi connectivity index (χ0v) is 17.6. The third kappa shape index (κ3) is 6.11. The highest BCUT2D eigenvalue weighted by Crippen LogP contribution is 2.26. The topological polar surface area (TPSA) is 92.6 Å². The first-order valence-corrected chi connectivity index (χ1v) is 9.45. The number of nitrogens with one attached hydrogen (secondary N) is 3. The molecule has 3 N–H and O–H groups in total. The third-order valence-electron chi connectivity index (χ3n) is 3.10. The van der Waals surface area contributed by atoms with E-state index in [9.17, 15) is 9.59 Å². The van der Waals surface area contributed by atoms with E-state index in [0.717, 1.165) is 16.5 Å². The van der Waals surface area contributed by atoms with E-state index in [2.05, 4.69) is 48.0 Å². The minimum absolute atomic E-state index is 0.0793. The first kappa shape index (κ1) is 20.4. The van der Waals surface area contributed by atoms with Crippen molar-refractivity contribution >= 4 is 61.0 Å². The van der Waals surface area contributed by atoms with Crippen molar-refractivity contribution in [2.24, 2.45) is 0 Å². The lowest BCUT2D eigenvalue weighted by Crippen LogP contribution is -2.49. The number of hydrazine groups is 1. The van der Waals surface area contributed by atoms with Gasteiger partial charge in [-0.2, -0.15) is 0 Å². The summed E-state index contributed by atoms with van der Waals surface area (Å²) in [5.41, 5.74) is 5.90. The summed E-state index contributed by atoms with van der Waals surface area (Å²) < 4.78 is 11.7. The Labute approximate surface area is 172 Å². The molecule has 0 saturated carbocycles. The second kappa shape index (κ2) is 9.70. The Morgan fingerprint density at radius 1 is 1.19 bits per heavy atom. The van der Waals surface area contributed by atoms with Gasteiger partial charge in [0.25, 0.3) is 11.8 Å². The summed E-state index contributed by atoms with van der Waals surface area (Å²) in [4.78, 5) is 23.6. The lowest BCUT2D eigenvalue weighted by atomic mass is 10.2. The van der Waals surface area contributed by atoms with Crippen LogP contribution in [0.25, 0.3) is 0 Å². The van der Waals surface area contributed by atoms with Crippen molar-refractivity contribution in [1.82, 2.24) is 16.2 Å². The van der Waals surface area contributed by atoms with Gasteiger partial charge in [0.15, 0.2) is 22.1 Å². The van der Waals surface area contributed by atoms with Crippen molar-refractivity contribution < 1.29 is 18.7 Å². The summed E-state index contributed by atoms with van der Waals surface area (Å²) in [5.74, 6) is -0.375. The average molecular weight is 505 g/mol. The summed E-state index contributed by atoms with van der Waals surface area (Å²) in [7, 11) is 0. The Bertz CT molecular complexity index is 826. The first-order valence-electron chi connectivity index (χ1n) is 7.45. The van der Waals surface area contributed by atoms with Gasteiger partial charge in [-0.05, 0) is 80.3 Å². The number of aryl methyl sites for hydroxylation is 1. The van der Waals surface area contributed by atoms with Gasteiger partial charge in [-0.25, -0.2) is 0 Å². The Hall–Kier alpha value is -1.91. The van der Waals surface area contributed by atoms with Crippen molar-refractivity contribution in [3.05, 3.63) is 50.8 Å². The van der Waals surface area contributed by atoms with E-state index in [1.807, 2.05) is 19.1 Å². The van der Waals surface area contributed by atoms with Gasteiger partial charge < -0.3 is 9.15 Å². The largest absolute Gasteiger partial charge is 0.483 e. The molecule has 0 spiro atoms. The molecule has 0 saturated heterocycles. The van der Waals surface area contributed by atoms with E-state index in [-0.39, 0.29) is 17.5 Å². The predicted molar refractivity (Wildman–Crippen MR) is 107 cm³/mol. The molecule has 0 bridgehead atoms. The molecule has 2 amide bonds. The smallest absolute Gasteiger partial charge is 0.293 e. The molecule has 10 heteroatoms. The first-order chi connectivity index (χ1) is 12.4. The minimum Gasteiger partial charge on any atom is -0.483 e. The van der Waals surface area contributed by atoms with Crippen LogP contribution < -0.4 is 20.9 Å². The Morgan fingerprint density at radius 3 is 2.58 bits per heavy atom. The molecule has 0 aliphatic carbocycles. The summed E-state index contributed by atoms with van der Waals surface area (Å²) in [5, 5.41) is 2.28. The minimum atomic E-state index is -0.543. The van der Waals surface area contributed by atoms with Crippen molar-refractivity contribution in [2.75, 3.05) is 6.61 Å². The van der Waals surface area contributed by atoms with Crippen LogP contribution in [0.2, 0.25) is 0 Å². The van der Waals surface area contributed by atoms with E-state index >= 15 is 0 Å². The normalized spacial score (nSPS) is 10.1. The van der Waals surface area contributed by atoms with Gasteiger partial charge in [0, 0.05) is 0 Å². The summed E-state index contributed by atoms with van der Waals surface area (Å²) in [6.07, 6.45) is 0.904. The molecule has 0 unspecified atom stereocenters. The van der Waals surface area contributed by atoms with Gasteiger partial charge in [-0.15, -0.1) is 0 Å². The number of hydrogen-bond donors (Lipinski definition) is 3. The van der Waals surface area contributed by atoms with Crippen molar-refractivity contribution in [3.8, 4) is 5.75 Å². The number of rotatable bonds is 5. The summed E-state index contributed by atoms with van der Waals surface area (Å²) in [6.45, 7) is 1.83. The molecule has 0 aliphatic rings. The van der Waals surface area contributed by atoms with Gasteiger partial charge in [0.05, 0.1) is 4.47 Å². The molecular weight excluding hydrogens is 490 g/mol. The maximum Gasteiger partial charge on any atom is 0.293 e. The fourth-order valence-corrected chi connectivity index (χ4v) is 2.81. The molecule has 7 nitrogen and oxygen atoms in total. The van der Waals surface area contributed by atoms with Crippen LogP contribution in [0.5, 0.6) is 5.75 Å². The van der Waals surface area contributed by atoms with Crippen LogP contribution in [0.4, 0.5) is 0 Å². The van der Waals surface area contributed by atoms with E-state index < -0.39 is 11.8 Å². The number of ether oxygens (including phenoxy) is 1. The van der Waals surface area contributed by atoms with Crippen LogP contribution in [-0.2, 0) is 11.2 Å². The number of hydrogen-bond acceptors (Lipinski definition) is 5. The molecule has 0 radical (unpaired) electrons. The molecule has 0 aliphatic heterocycles. The molecule has 0 atom stereocenters. The molecule has 26 heavy (non-hydrogen) atoms. The van der Waals surface area contributed by atoms with Crippen molar-refractivity contribution in [1.29, 1.82) is 0 Å². The van der Waals surface area contributed by atoms with E-state index in [1.54, 1.807) is 12.1 Å². The third-order valence-corrected chi connectivity index (χ3v) is 4.35. The fourth-order valence-electron chi connectivity index (χ4n) is 1.82. The molecule has 1 aromatic carbocycles. The van der Waals surface area contributed by atoms with Gasteiger partial charge in [-0.1, -0.05) is 13.0 Å². The molecule has 2 rings (SSSR count). The number of carbonyl (C=O) groups excluding carboxylic acids is 2. The molecule has 1 aromatic heterocycles. The van der Waals surface area contributed by atoms with E-state index in [1.165, 1.54) is 6.07 Å². The predicted octanol–water partition coefficient (Wildman–Crippen LogP) is 3.08. The Kier molecular flexibility index (Phi) is 7.61. The second-order valence-electron chi connectivity index (χ2n) is 4.97. The fraction of sp³-hybridized carbons (Fsp3) is 0.188. The summed E-state index contributed by atoms with van der Waals surface area (Å²) in [6, 6.07) is 8.71. The molecule has 1 heterocycles. The number of benzene rings is 1. The maximum atomic E-state index is 11.8. The standard InChI is InChI=1S/C16H15Br2N3O4S/c1-2-9-3-4-11(10(17)7-9)24-8-14(22)20-21-16(26)19-15(23)12-5-6-13(18)25-12/h3-7H,2,8H2,1H3,(H,20,22)(H2,19,21,23,26). The Morgan fingerprint density at radius 2 is 1.96 bits per heavy atom. The van der Waals surface area contributed by atoms with Crippen LogP contribution >= 0.6 is 44.1 Å². The number of amides is 2. The monoisotopic (exact) mass is 503 g/mol. The average Bonchev–Trinajstić information content (AvgIpc) is 3.05. The van der Waals surface area contributed by atoms with E-state index in [4.69, 9.17) is 21.4 Å². The number of thiocarbonyl (C=S) groups is 1. The summed E-state index contributed by atoms with van der Waals surface area (Å²) >= 11 is 11.4. The lowest BCUT2D eigenvalue weighted by molar-refractivity contribution is -0.123. The molecule has 0 fully saturated rings. The lowest BCUT2D eigenvalue weighted by Gasteiger charge is -2.12. The zero-order valence-electron chi connectivity index (χ0n) is 13.6. The maximum absolute atomic E-state index is 11.8. The highest BCUT2D eigenvalue weighted by atomic mass is 79.9. The Balaban J connectivity index is 1.74. The van der Waals surface area contributed by atoms with Gasteiger partial charge >= 0.3 is 0 Å². The number of carbonyl (C=O) groups is 2. The highest BCUT2D eigenvalue weighted by molar-refractivity contribution is 9.10. The molecular formula is C16H15Br2N3O4S. The molecule has 2 aromatic rings. The van der Waals surface area contributed by atoms with Gasteiger partial charge in [-0.3, -0.25) is 25.8 Å². The van der Waals surface area contributed by atoms with Crippen LogP contribution in [0.1, 0.15) is 23.0 Å². The van der Waals surface area contributed by atoms with Gasteiger partial charge in [0.2, 0.25) is 0 Å². The van der Waals surface area contributed by atoms with Crippen LogP contribution in [-0.4, -0.2) is 23.5 Å². The number of halogens is 2. The van der Waals surface area contributed by atoms with Gasteiger partial charge in [0.1, 0.15) is 5.75 Å². The van der Waals surface area contributed by atoms with Crippen LogP contribution in [0.3, 0.4) is 0 Å². The van der Waals surface area contributed by atoms with Crippen molar-refractivity contribution in [2.45, 2.75) is 13.3 Å². The van der Waals surface area contributed by atoms with Crippen LogP contribution in [0, 0.1) is 0 Å². The highest BCUT2D eigenvalue weighted by Gasteiger charge is 2.12. The quantitative estimate of drug-likeness (QED) is 0.428.